The quantitative estimate of drug-likeness (QED) is 0.588. The molecule has 0 atom stereocenters. The van der Waals surface area contributed by atoms with E-state index in [4.69, 9.17) is 0 Å². The summed E-state index contributed by atoms with van der Waals surface area (Å²) in [6, 6.07) is 9.34. The number of benzene rings is 2. The number of alkyl halides is 6. The molecule has 0 N–H and O–H groups in total. The highest BCUT2D eigenvalue weighted by molar-refractivity contribution is 6.67. The van der Waals surface area contributed by atoms with Crippen LogP contribution in [0.1, 0.15) is 11.1 Å². The second-order valence-electron chi connectivity index (χ2n) is 4.38. The van der Waals surface area contributed by atoms with Crippen molar-refractivity contribution in [1.82, 2.24) is 0 Å². The van der Waals surface area contributed by atoms with Gasteiger partial charge in [-0.1, -0.05) is 48.5 Å². The predicted molar refractivity (Wildman–Crippen MR) is 67.9 cm³/mol. The monoisotopic (exact) mass is 317 g/mol. The van der Waals surface area contributed by atoms with E-state index < -0.39 is 38.7 Å². The maximum atomic E-state index is 12.4. The van der Waals surface area contributed by atoms with Crippen molar-refractivity contribution in [3.05, 3.63) is 59.7 Å². The van der Waals surface area contributed by atoms with E-state index in [0.717, 1.165) is 24.3 Å². The van der Waals surface area contributed by atoms with Crippen LogP contribution in [0.2, 0.25) is 0 Å². The van der Waals surface area contributed by atoms with Gasteiger partial charge in [-0.05, 0) is 0 Å². The third-order valence-electron chi connectivity index (χ3n) is 2.81. The molecule has 2 aromatic carbocycles. The van der Waals surface area contributed by atoms with Gasteiger partial charge in [0.1, 0.15) is 0 Å². The smallest absolute Gasteiger partial charge is 0.166 e. The fraction of sp³-hybridized carbons (Fsp3) is 0.143. The zero-order valence-electron chi connectivity index (χ0n) is 10.5. The molecular weight excluding hydrogens is 309 g/mol. The van der Waals surface area contributed by atoms with Gasteiger partial charge in [-0.2, -0.15) is 26.3 Å². The van der Waals surface area contributed by atoms with Gasteiger partial charge in [-0.3, -0.25) is 0 Å². The largest absolute Gasteiger partial charge is 0.416 e. The van der Waals surface area contributed by atoms with Crippen molar-refractivity contribution in [2.75, 3.05) is 0 Å². The van der Waals surface area contributed by atoms with Crippen molar-refractivity contribution in [3.8, 4) is 0 Å². The molecule has 0 heterocycles. The molecule has 7 heteroatoms. The average Bonchev–Trinajstić information content (AvgIpc) is 2.38. The average molecular weight is 317 g/mol. The molecule has 0 saturated carbocycles. The van der Waals surface area contributed by atoms with Crippen molar-refractivity contribution < 1.29 is 26.3 Å². The van der Waals surface area contributed by atoms with E-state index >= 15 is 0 Å². The normalized spacial score (nSPS) is 12.3. The summed E-state index contributed by atoms with van der Waals surface area (Å²) in [5.74, 6) is 0. The van der Waals surface area contributed by atoms with Gasteiger partial charge in [0.25, 0.3) is 15.2 Å². The molecule has 1 radical (unpaired) electrons. The van der Waals surface area contributed by atoms with Crippen LogP contribution in [-0.2, 0) is 12.4 Å². The van der Waals surface area contributed by atoms with Gasteiger partial charge in [0.2, 0.25) is 0 Å². The number of hydrogen-bond acceptors (Lipinski definition) is 0. The minimum absolute atomic E-state index is 0.543. The SMILES string of the molecule is FC(F)(F)c1cc[c]([Al][c]2ccc(C(F)(F)F)cc2)cc1. The highest BCUT2D eigenvalue weighted by Gasteiger charge is 2.30. The summed E-state index contributed by atoms with van der Waals surface area (Å²) >= 11 is -0.543. The fourth-order valence-electron chi connectivity index (χ4n) is 1.73. The highest BCUT2D eigenvalue weighted by Crippen LogP contribution is 2.29. The maximum Gasteiger partial charge on any atom is 0.416 e. The van der Waals surface area contributed by atoms with Gasteiger partial charge >= 0.3 is 12.4 Å². The Morgan fingerprint density at radius 2 is 0.810 bits per heavy atom. The third kappa shape index (κ3) is 4.26. The molecule has 2 aromatic rings. The third-order valence-corrected chi connectivity index (χ3v) is 4.25. The summed E-state index contributed by atoms with van der Waals surface area (Å²) in [6.45, 7) is 0. The van der Waals surface area contributed by atoms with E-state index in [9.17, 15) is 26.3 Å². The zero-order valence-corrected chi connectivity index (χ0v) is 11.6. The van der Waals surface area contributed by atoms with E-state index in [1.54, 1.807) is 0 Å². The van der Waals surface area contributed by atoms with Crippen LogP contribution in [0.3, 0.4) is 0 Å². The van der Waals surface area contributed by atoms with E-state index in [1.165, 1.54) is 24.3 Å². The Balaban J connectivity index is 2.12. The Hall–Kier alpha value is -1.45. The first-order chi connectivity index (χ1) is 9.66. The van der Waals surface area contributed by atoms with Gasteiger partial charge in [0.15, 0.2) is 0 Å². The van der Waals surface area contributed by atoms with Crippen LogP contribution in [0.15, 0.2) is 48.5 Å². The summed E-state index contributed by atoms with van der Waals surface area (Å²) in [5, 5.41) is 0. The Morgan fingerprint density at radius 3 is 1.05 bits per heavy atom. The van der Waals surface area contributed by atoms with E-state index in [0.29, 0.717) is 8.85 Å². The van der Waals surface area contributed by atoms with Crippen molar-refractivity contribution in [2.45, 2.75) is 12.4 Å². The lowest BCUT2D eigenvalue weighted by Crippen LogP contribution is -2.27. The molecular formula is C14H8AlF6. The summed E-state index contributed by atoms with van der Waals surface area (Å²) in [7, 11) is 0. The van der Waals surface area contributed by atoms with Crippen LogP contribution < -0.4 is 8.85 Å². The van der Waals surface area contributed by atoms with Crippen LogP contribution in [0.5, 0.6) is 0 Å². The van der Waals surface area contributed by atoms with E-state index in [-0.39, 0.29) is 0 Å². The summed E-state index contributed by atoms with van der Waals surface area (Å²) in [6.07, 6.45) is -8.77. The highest BCUT2D eigenvalue weighted by atomic mass is 27.1. The van der Waals surface area contributed by atoms with Crippen LogP contribution in [0.25, 0.3) is 0 Å². The molecule has 2 rings (SSSR count). The molecule has 0 nitrogen and oxygen atoms in total. The topological polar surface area (TPSA) is 0 Å². The molecule has 0 saturated heterocycles. The van der Waals surface area contributed by atoms with Crippen LogP contribution in [-0.4, -0.2) is 15.2 Å². The van der Waals surface area contributed by atoms with Crippen molar-refractivity contribution in [2.24, 2.45) is 0 Å². The standard InChI is InChI=1S/2C7H4F3.Al/c2*8-7(9,10)6-4-2-1-3-5-6;/h2*2-5H;. The van der Waals surface area contributed by atoms with Gasteiger partial charge in [0.05, 0.1) is 11.1 Å². The molecule has 0 spiro atoms. The second-order valence-corrected chi connectivity index (χ2v) is 6.01. The molecule has 0 aliphatic carbocycles. The molecule has 0 aliphatic rings. The number of rotatable bonds is 2. The summed E-state index contributed by atoms with van der Waals surface area (Å²) in [5.41, 5.74) is -1.48. The van der Waals surface area contributed by atoms with Crippen molar-refractivity contribution in [3.63, 3.8) is 0 Å². The van der Waals surface area contributed by atoms with Gasteiger partial charge in [0, 0.05) is 0 Å². The fourth-order valence-corrected chi connectivity index (χ4v) is 2.88. The van der Waals surface area contributed by atoms with Crippen molar-refractivity contribution >= 4 is 24.1 Å². The Kier molecular flexibility index (Phi) is 4.36. The minimum atomic E-state index is -4.39. The lowest BCUT2D eigenvalue weighted by atomic mass is 10.2. The lowest BCUT2D eigenvalue weighted by Gasteiger charge is -2.09. The van der Waals surface area contributed by atoms with Gasteiger partial charge in [-0.25, -0.2) is 0 Å². The second kappa shape index (κ2) is 5.74. The number of hydrogen-bond donors (Lipinski definition) is 0. The van der Waals surface area contributed by atoms with Crippen LogP contribution in [0, 0.1) is 0 Å². The lowest BCUT2D eigenvalue weighted by molar-refractivity contribution is -0.138. The molecule has 0 amide bonds. The zero-order chi connectivity index (χ0) is 15.7. The summed E-state index contributed by atoms with van der Waals surface area (Å²) in [4.78, 5) is 0. The molecule has 0 aliphatic heterocycles. The molecule has 21 heavy (non-hydrogen) atoms. The van der Waals surface area contributed by atoms with Crippen molar-refractivity contribution in [1.29, 1.82) is 0 Å². The molecule has 0 bridgehead atoms. The van der Waals surface area contributed by atoms with E-state index in [2.05, 4.69) is 0 Å². The number of halogens is 6. The van der Waals surface area contributed by atoms with Crippen LogP contribution >= 0.6 is 0 Å². The maximum absolute atomic E-state index is 12.4. The van der Waals surface area contributed by atoms with Gasteiger partial charge < -0.3 is 0 Å². The molecule has 109 valence electrons. The molecule has 0 fully saturated rings. The van der Waals surface area contributed by atoms with E-state index in [1.807, 2.05) is 0 Å². The minimum Gasteiger partial charge on any atom is -0.166 e. The predicted octanol–water partition coefficient (Wildman–Crippen LogP) is 3.38. The summed E-state index contributed by atoms with van der Waals surface area (Å²) < 4.78 is 75.8. The van der Waals surface area contributed by atoms with Gasteiger partial charge in [-0.15, -0.1) is 8.85 Å². The Labute approximate surface area is 123 Å². The first kappa shape index (κ1) is 15.9. The molecule has 0 aromatic heterocycles. The first-order valence-electron chi connectivity index (χ1n) is 5.85. The Bertz CT molecular complexity index is 540. The molecule has 0 unspecified atom stereocenters. The first-order valence-corrected chi connectivity index (χ1v) is 7.01. The van der Waals surface area contributed by atoms with Crippen LogP contribution in [0.4, 0.5) is 26.3 Å². The Morgan fingerprint density at radius 1 is 0.524 bits per heavy atom.